The van der Waals surface area contributed by atoms with Gasteiger partial charge in [0.15, 0.2) is 5.96 Å². The zero-order valence-electron chi connectivity index (χ0n) is 9.28. The summed E-state index contributed by atoms with van der Waals surface area (Å²) in [4.78, 5) is 4.29. The third-order valence-corrected chi connectivity index (χ3v) is 4.76. The topological polar surface area (TPSA) is 64.4 Å². The Morgan fingerprint density at radius 1 is 1.00 bits per heavy atom. The molecule has 0 aliphatic heterocycles. The van der Waals surface area contributed by atoms with Crippen LogP contribution in [0.25, 0.3) is 0 Å². The Kier molecular flexibility index (Phi) is 1.98. The van der Waals surface area contributed by atoms with Crippen molar-refractivity contribution in [3.05, 3.63) is 0 Å². The van der Waals surface area contributed by atoms with Gasteiger partial charge in [0.1, 0.15) is 0 Å². The van der Waals surface area contributed by atoms with Crippen molar-refractivity contribution in [3.8, 4) is 0 Å². The third-order valence-electron chi connectivity index (χ3n) is 4.76. The highest BCUT2D eigenvalue weighted by atomic mass is 15.0. The summed E-state index contributed by atoms with van der Waals surface area (Å²) in [5, 5.41) is 0. The molecular weight excluding hydrogens is 186 g/mol. The summed E-state index contributed by atoms with van der Waals surface area (Å²) >= 11 is 0. The smallest absolute Gasteiger partial charge is 0.185 e. The van der Waals surface area contributed by atoms with Crippen LogP contribution in [0.15, 0.2) is 4.99 Å². The number of nitrogens with two attached hydrogens (primary N) is 2. The van der Waals surface area contributed by atoms with Crippen LogP contribution in [0.2, 0.25) is 0 Å². The lowest BCUT2D eigenvalue weighted by Crippen LogP contribution is -2.47. The molecule has 0 unspecified atom stereocenters. The summed E-state index contributed by atoms with van der Waals surface area (Å²) in [5.41, 5.74) is 11.4. The van der Waals surface area contributed by atoms with Crippen molar-refractivity contribution in [2.45, 2.75) is 38.5 Å². The monoisotopic (exact) mass is 207 g/mol. The Hall–Kier alpha value is -0.730. The normalized spacial score (nSPS) is 46.8. The maximum atomic E-state index is 5.45. The van der Waals surface area contributed by atoms with Crippen molar-refractivity contribution < 1.29 is 0 Å². The third kappa shape index (κ3) is 1.62. The van der Waals surface area contributed by atoms with E-state index in [-0.39, 0.29) is 5.96 Å². The summed E-state index contributed by atoms with van der Waals surface area (Å²) in [7, 11) is 0. The van der Waals surface area contributed by atoms with Gasteiger partial charge >= 0.3 is 0 Å². The van der Waals surface area contributed by atoms with Crippen molar-refractivity contribution in [2.75, 3.05) is 6.54 Å². The lowest BCUT2D eigenvalue weighted by Gasteiger charge is -2.56. The van der Waals surface area contributed by atoms with E-state index in [0.29, 0.717) is 5.41 Å². The quantitative estimate of drug-likeness (QED) is 0.532. The zero-order valence-corrected chi connectivity index (χ0v) is 9.28. The molecule has 15 heavy (non-hydrogen) atoms. The minimum absolute atomic E-state index is 0.269. The number of guanidine groups is 1. The van der Waals surface area contributed by atoms with Gasteiger partial charge in [-0.3, -0.25) is 4.99 Å². The van der Waals surface area contributed by atoms with E-state index >= 15 is 0 Å². The fourth-order valence-corrected chi connectivity index (χ4v) is 4.74. The minimum atomic E-state index is 0.269. The maximum Gasteiger partial charge on any atom is 0.185 e. The van der Waals surface area contributed by atoms with Crippen molar-refractivity contribution in [1.82, 2.24) is 0 Å². The highest BCUT2D eigenvalue weighted by Crippen LogP contribution is 2.59. The van der Waals surface area contributed by atoms with E-state index < -0.39 is 0 Å². The zero-order chi connectivity index (χ0) is 10.5. The van der Waals surface area contributed by atoms with E-state index in [1.165, 1.54) is 38.5 Å². The van der Waals surface area contributed by atoms with Crippen LogP contribution < -0.4 is 11.5 Å². The Labute approximate surface area is 91.3 Å². The van der Waals surface area contributed by atoms with E-state index in [1.807, 2.05) is 0 Å². The second kappa shape index (κ2) is 3.13. The molecule has 4 bridgehead atoms. The van der Waals surface area contributed by atoms with Crippen LogP contribution in [0.4, 0.5) is 0 Å². The summed E-state index contributed by atoms with van der Waals surface area (Å²) in [6, 6.07) is 0. The predicted molar refractivity (Wildman–Crippen MR) is 61.3 cm³/mol. The Morgan fingerprint density at radius 3 is 1.87 bits per heavy atom. The molecule has 4 rings (SSSR count). The van der Waals surface area contributed by atoms with Crippen molar-refractivity contribution in [3.63, 3.8) is 0 Å². The number of rotatable bonds is 2. The van der Waals surface area contributed by atoms with Gasteiger partial charge in [-0.15, -0.1) is 0 Å². The van der Waals surface area contributed by atoms with Crippen LogP contribution in [0.1, 0.15) is 38.5 Å². The molecule has 0 amide bonds. The molecular formula is C12H21N3. The SMILES string of the molecule is NC(N)=NCC12CC3CC(CC(C3)C1)C2. The molecule has 3 nitrogen and oxygen atoms in total. The molecule has 0 atom stereocenters. The fraction of sp³-hybridized carbons (Fsp3) is 0.917. The van der Waals surface area contributed by atoms with Crippen LogP contribution in [0, 0.1) is 23.2 Å². The number of nitrogens with zero attached hydrogens (tertiary/aromatic N) is 1. The predicted octanol–water partition coefficient (Wildman–Crippen LogP) is 1.48. The Morgan fingerprint density at radius 2 is 1.47 bits per heavy atom. The van der Waals surface area contributed by atoms with Gasteiger partial charge in [-0.1, -0.05) is 0 Å². The van der Waals surface area contributed by atoms with Gasteiger partial charge in [0.05, 0.1) is 0 Å². The molecule has 0 spiro atoms. The van der Waals surface area contributed by atoms with Crippen LogP contribution >= 0.6 is 0 Å². The first-order chi connectivity index (χ1) is 7.15. The number of hydrogen-bond donors (Lipinski definition) is 2. The average Bonchev–Trinajstić information content (AvgIpc) is 2.12. The van der Waals surface area contributed by atoms with E-state index in [1.54, 1.807) is 0 Å². The molecule has 3 heteroatoms. The molecule has 0 aromatic carbocycles. The number of aliphatic imine (C=N–C) groups is 1. The molecule has 4 fully saturated rings. The largest absolute Gasteiger partial charge is 0.370 e. The molecule has 0 saturated heterocycles. The van der Waals surface area contributed by atoms with Crippen LogP contribution in [-0.2, 0) is 0 Å². The van der Waals surface area contributed by atoms with Crippen LogP contribution in [0.5, 0.6) is 0 Å². The molecule has 0 aromatic heterocycles. The van der Waals surface area contributed by atoms with E-state index in [2.05, 4.69) is 4.99 Å². The number of hydrogen-bond acceptors (Lipinski definition) is 1. The first kappa shape index (κ1) is 9.49. The standard InChI is InChI=1S/C12H21N3/c13-11(14)15-7-12-4-8-1-9(5-12)3-10(2-8)6-12/h8-10H,1-7H2,(H4,13,14,15). The summed E-state index contributed by atoms with van der Waals surface area (Å²) in [6.45, 7) is 0.888. The second-order valence-corrected chi connectivity index (χ2v) is 6.16. The summed E-state index contributed by atoms with van der Waals surface area (Å²) in [5.74, 6) is 3.24. The lowest BCUT2D eigenvalue weighted by molar-refractivity contribution is -0.0465. The second-order valence-electron chi connectivity index (χ2n) is 6.16. The fourth-order valence-electron chi connectivity index (χ4n) is 4.74. The van der Waals surface area contributed by atoms with Gasteiger partial charge in [0, 0.05) is 6.54 Å². The molecule has 4 saturated carbocycles. The Balaban J connectivity index is 1.78. The van der Waals surface area contributed by atoms with E-state index in [4.69, 9.17) is 11.5 Å². The van der Waals surface area contributed by atoms with Gasteiger partial charge in [-0.05, 0) is 61.7 Å². The summed E-state index contributed by atoms with van der Waals surface area (Å²) in [6.07, 6.45) is 8.62. The average molecular weight is 207 g/mol. The maximum absolute atomic E-state index is 5.45. The summed E-state index contributed by atoms with van der Waals surface area (Å²) < 4.78 is 0. The molecule has 4 N–H and O–H groups in total. The first-order valence-corrected chi connectivity index (χ1v) is 6.21. The van der Waals surface area contributed by atoms with Gasteiger partial charge in [-0.25, -0.2) is 0 Å². The first-order valence-electron chi connectivity index (χ1n) is 6.21. The van der Waals surface area contributed by atoms with Crippen LogP contribution in [-0.4, -0.2) is 12.5 Å². The van der Waals surface area contributed by atoms with E-state index in [0.717, 1.165) is 24.3 Å². The molecule has 0 heterocycles. The molecule has 4 aliphatic carbocycles. The van der Waals surface area contributed by atoms with Crippen LogP contribution in [0.3, 0.4) is 0 Å². The highest BCUT2D eigenvalue weighted by Gasteiger charge is 2.50. The van der Waals surface area contributed by atoms with Gasteiger partial charge < -0.3 is 11.5 Å². The van der Waals surface area contributed by atoms with Gasteiger partial charge in [0.2, 0.25) is 0 Å². The lowest BCUT2D eigenvalue weighted by atomic mass is 9.49. The van der Waals surface area contributed by atoms with Gasteiger partial charge in [0.25, 0.3) is 0 Å². The molecule has 84 valence electrons. The van der Waals surface area contributed by atoms with Crippen molar-refractivity contribution in [1.29, 1.82) is 0 Å². The molecule has 0 radical (unpaired) electrons. The molecule has 4 aliphatic rings. The molecule has 0 aromatic rings. The van der Waals surface area contributed by atoms with Crippen molar-refractivity contribution >= 4 is 5.96 Å². The van der Waals surface area contributed by atoms with Crippen molar-refractivity contribution in [2.24, 2.45) is 39.6 Å². The van der Waals surface area contributed by atoms with Gasteiger partial charge in [-0.2, -0.15) is 0 Å². The minimum Gasteiger partial charge on any atom is -0.370 e. The van der Waals surface area contributed by atoms with E-state index in [9.17, 15) is 0 Å². The highest BCUT2D eigenvalue weighted by molar-refractivity contribution is 5.75. The Bertz CT molecular complexity index is 256.